The zero-order valence-electron chi connectivity index (χ0n) is 9.97. The number of thiazole rings is 1. The fourth-order valence-corrected chi connectivity index (χ4v) is 2.76. The number of Topliss-reactive ketones (excluding diaryl/α,β-unsaturated/α-hetero) is 1. The van der Waals surface area contributed by atoms with Crippen molar-refractivity contribution in [3.8, 4) is 0 Å². The molecule has 0 radical (unpaired) electrons. The molecule has 4 nitrogen and oxygen atoms in total. The van der Waals surface area contributed by atoms with E-state index in [2.05, 4.69) is 24.1 Å². The number of hydrogen-bond acceptors (Lipinski definition) is 5. The molecular weight excluding hydrogens is 268 g/mol. The van der Waals surface area contributed by atoms with Gasteiger partial charge in [-0.25, -0.2) is 4.98 Å². The molecule has 0 saturated heterocycles. The molecule has 94 valence electrons. The van der Waals surface area contributed by atoms with E-state index in [1.807, 2.05) is 0 Å². The highest BCUT2D eigenvalue weighted by Crippen LogP contribution is 2.25. The molecule has 1 amide bonds. The quantitative estimate of drug-likeness (QED) is 0.691. The van der Waals surface area contributed by atoms with Gasteiger partial charge in [-0.2, -0.15) is 0 Å². The van der Waals surface area contributed by atoms with Gasteiger partial charge in [-0.15, -0.1) is 22.7 Å². The summed E-state index contributed by atoms with van der Waals surface area (Å²) in [6.07, 6.45) is 1.72. The number of aromatic nitrogens is 1. The van der Waals surface area contributed by atoms with Crippen LogP contribution in [0.1, 0.15) is 34.3 Å². The van der Waals surface area contributed by atoms with Crippen molar-refractivity contribution in [2.24, 2.45) is 0 Å². The van der Waals surface area contributed by atoms with Gasteiger partial charge in [0.15, 0.2) is 5.13 Å². The first-order chi connectivity index (χ1) is 8.58. The minimum Gasteiger partial charge on any atom is -0.295 e. The van der Waals surface area contributed by atoms with Crippen molar-refractivity contribution in [1.82, 2.24) is 4.98 Å². The lowest BCUT2D eigenvalue weighted by Crippen LogP contribution is -2.21. The maximum atomic E-state index is 11.7. The predicted octanol–water partition coefficient (Wildman–Crippen LogP) is 3.15. The van der Waals surface area contributed by atoms with E-state index in [9.17, 15) is 9.59 Å². The molecule has 1 N–H and O–H groups in total. The molecule has 0 aliphatic heterocycles. The van der Waals surface area contributed by atoms with Gasteiger partial charge in [-0.1, -0.05) is 19.9 Å². The second-order valence-electron chi connectivity index (χ2n) is 3.98. The van der Waals surface area contributed by atoms with E-state index in [-0.39, 0.29) is 0 Å². The molecule has 0 aromatic carbocycles. The maximum Gasteiger partial charge on any atom is 0.299 e. The molecule has 0 bridgehead atoms. The molecular formula is C12H12N2O2S2. The number of nitrogens with zero attached hydrogens (tertiary/aromatic N) is 1. The van der Waals surface area contributed by atoms with Crippen molar-refractivity contribution in [3.63, 3.8) is 0 Å². The van der Waals surface area contributed by atoms with E-state index >= 15 is 0 Å². The number of anilines is 1. The summed E-state index contributed by atoms with van der Waals surface area (Å²) in [7, 11) is 0. The van der Waals surface area contributed by atoms with Crippen molar-refractivity contribution in [2.75, 3.05) is 5.32 Å². The first-order valence-corrected chi connectivity index (χ1v) is 7.12. The summed E-state index contributed by atoms with van der Waals surface area (Å²) < 4.78 is 0. The average molecular weight is 280 g/mol. The van der Waals surface area contributed by atoms with E-state index < -0.39 is 11.7 Å². The summed E-state index contributed by atoms with van der Waals surface area (Å²) >= 11 is 2.64. The highest BCUT2D eigenvalue weighted by atomic mass is 32.1. The number of nitrogens with one attached hydrogen (secondary N) is 1. The molecule has 0 unspecified atom stereocenters. The molecule has 0 saturated carbocycles. The van der Waals surface area contributed by atoms with Crippen LogP contribution >= 0.6 is 22.7 Å². The van der Waals surface area contributed by atoms with Gasteiger partial charge in [0.25, 0.3) is 11.7 Å². The van der Waals surface area contributed by atoms with Crippen LogP contribution in [0.3, 0.4) is 0 Å². The Bertz CT molecular complexity index is 558. The zero-order chi connectivity index (χ0) is 13.1. The van der Waals surface area contributed by atoms with Gasteiger partial charge in [0.05, 0.1) is 4.88 Å². The molecule has 18 heavy (non-hydrogen) atoms. The molecule has 6 heteroatoms. The largest absolute Gasteiger partial charge is 0.299 e. The Hall–Kier alpha value is -1.53. The van der Waals surface area contributed by atoms with Gasteiger partial charge in [0, 0.05) is 11.1 Å². The average Bonchev–Trinajstić information content (AvgIpc) is 2.98. The lowest BCUT2D eigenvalue weighted by atomic mass is 10.2. The van der Waals surface area contributed by atoms with E-state index in [0.29, 0.717) is 15.9 Å². The molecule has 2 heterocycles. The number of amides is 1. The SMILES string of the molecule is CC(C)c1cnc(NC(=O)C(=O)c2cccs2)s1. The third-order valence-corrected chi connectivity index (χ3v) is 4.35. The fraction of sp³-hybridized carbons (Fsp3) is 0.250. The van der Waals surface area contributed by atoms with Crippen LogP contribution in [-0.4, -0.2) is 16.7 Å². The highest BCUT2D eigenvalue weighted by molar-refractivity contribution is 7.16. The fourth-order valence-electron chi connectivity index (χ4n) is 1.28. The molecule has 0 fully saturated rings. The van der Waals surface area contributed by atoms with Crippen molar-refractivity contribution in [1.29, 1.82) is 0 Å². The Morgan fingerprint density at radius 1 is 1.39 bits per heavy atom. The molecule has 2 aromatic heterocycles. The van der Waals surface area contributed by atoms with Crippen LogP contribution in [0.25, 0.3) is 0 Å². The van der Waals surface area contributed by atoms with Crippen LogP contribution in [0.2, 0.25) is 0 Å². The summed E-state index contributed by atoms with van der Waals surface area (Å²) in [5, 5.41) is 4.76. The van der Waals surface area contributed by atoms with Crippen LogP contribution in [0.15, 0.2) is 23.7 Å². The third kappa shape index (κ3) is 2.83. The summed E-state index contributed by atoms with van der Waals surface area (Å²) in [5.74, 6) is -0.797. The zero-order valence-corrected chi connectivity index (χ0v) is 11.6. The standard InChI is InChI=1S/C12H12N2O2S2/c1-7(2)9-6-13-12(18-9)14-11(16)10(15)8-4-3-5-17-8/h3-7H,1-2H3,(H,13,14,16). The van der Waals surface area contributed by atoms with Gasteiger partial charge in [0.2, 0.25) is 0 Å². The van der Waals surface area contributed by atoms with Crippen LogP contribution < -0.4 is 5.32 Å². The first kappa shape index (κ1) is 12.9. The van der Waals surface area contributed by atoms with Gasteiger partial charge in [-0.3, -0.25) is 14.9 Å². The van der Waals surface area contributed by atoms with Crippen LogP contribution in [0.5, 0.6) is 0 Å². The van der Waals surface area contributed by atoms with Crippen LogP contribution in [0, 0.1) is 0 Å². The van der Waals surface area contributed by atoms with Crippen molar-refractivity contribution >= 4 is 39.5 Å². The van der Waals surface area contributed by atoms with Crippen molar-refractivity contribution in [3.05, 3.63) is 33.5 Å². The van der Waals surface area contributed by atoms with Gasteiger partial charge >= 0.3 is 0 Å². The Kier molecular flexibility index (Phi) is 3.88. The van der Waals surface area contributed by atoms with Crippen LogP contribution in [-0.2, 0) is 4.79 Å². The molecule has 0 aliphatic carbocycles. The van der Waals surface area contributed by atoms with E-state index in [1.165, 1.54) is 22.7 Å². The lowest BCUT2D eigenvalue weighted by molar-refractivity contribution is -0.112. The van der Waals surface area contributed by atoms with E-state index in [4.69, 9.17) is 0 Å². The Balaban J connectivity index is 2.05. The summed E-state index contributed by atoms with van der Waals surface area (Å²) in [6.45, 7) is 4.10. The predicted molar refractivity (Wildman–Crippen MR) is 73.5 cm³/mol. The normalized spacial score (nSPS) is 10.6. The maximum absolute atomic E-state index is 11.7. The minimum atomic E-state index is -0.637. The number of hydrogen-bond donors (Lipinski definition) is 1. The second kappa shape index (κ2) is 5.41. The summed E-state index contributed by atoms with van der Waals surface area (Å²) in [5.41, 5.74) is 0. The monoisotopic (exact) mass is 280 g/mol. The Morgan fingerprint density at radius 2 is 2.17 bits per heavy atom. The number of ketones is 1. The smallest absolute Gasteiger partial charge is 0.295 e. The lowest BCUT2D eigenvalue weighted by Gasteiger charge is -1.99. The van der Waals surface area contributed by atoms with Crippen molar-refractivity contribution < 1.29 is 9.59 Å². The summed E-state index contributed by atoms with van der Waals surface area (Å²) in [4.78, 5) is 29.0. The molecule has 0 spiro atoms. The Morgan fingerprint density at radius 3 is 2.72 bits per heavy atom. The highest BCUT2D eigenvalue weighted by Gasteiger charge is 2.18. The third-order valence-electron chi connectivity index (χ3n) is 2.26. The minimum absolute atomic E-state index is 0.362. The Labute approximate surface area is 113 Å². The van der Waals surface area contributed by atoms with Gasteiger partial charge < -0.3 is 0 Å². The first-order valence-electron chi connectivity index (χ1n) is 5.43. The number of thiophene rings is 1. The molecule has 0 atom stereocenters. The van der Waals surface area contributed by atoms with E-state index in [1.54, 1.807) is 23.7 Å². The van der Waals surface area contributed by atoms with E-state index in [0.717, 1.165) is 4.88 Å². The topological polar surface area (TPSA) is 59.1 Å². The molecule has 2 aromatic rings. The second-order valence-corrected chi connectivity index (χ2v) is 5.99. The summed E-state index contributed by atoms with van der Waals surface area (Å²) in [6, 6.07) is 3.37. The number of rotatable bonds is 4. The number of carbonyl (C=O) groups excluding carboxylic acids is 2. The molecule has 0 aliphatic rings. The molecule has 2 rings (SSSR count). The van der Waals surface area contributed by atoms with Crippen molar-refractivity contribution in [2.45, 2.75) is 19.8 Å². The number of carbonyl (C=O) groups is 2. The van der Waals surface area contributed by atoms with Gasteiger partial charge in [0.1, 0.15) is 0 Å². The van der Waals surface area contributed by atoms with Gasteiger partial charge in [-0.05, 0) is 17.4 Å². The van der Waals surface area contributed by atoms with Crippen LogP contribution in [0.4, 0.5) is 5.13 Å².